The van der Waals surface area contributed by atoms with Gasteiger partial charge < -0.3 is 24.7 Å². The molecule has 6 nitrogen and oxygen atoms in total. The number of ether oxygens (including phenoxy) is 2. The summed E-state index contributed by atoms with van der Waals surface area (Å²) >= 11 is 12.5. The first kappa shape index (κ1) is 28.9. The summed E-state index contributed by atoms with van der Waals surface area (Å²) in [6.07, 6.45) is 2.64. The Morgan fingerprint density at radius 2 is 1.84 bits per heavy atom. The Labute approximate surface area is 253 Å². The van der Waals surface area contributed by atoms with Crippen molar-refractivity contribution in [1.82, 2.24) is 5.32 Å². The number of benzene rings is 3. The van der Waals surface area contributed by atoms with E-state index in [1.165, 1.54) is 0 Å². The van der Waals surface area contributed by atoms with Gasteiger partial charge in [0.15, 0.2) is 5.78 Å². The fourth-order valence-corrected chi connectivity index (χ4v) is 5.50. The van der Waals surface area contributed by atoms with Crippen molar-refractivity contribution in [2.24, 2.45) is 5.92 Å². The quantitative estimate of drug-likeness (QED) is 0.352. The zero-order chi connectivity index (χ0) is 25.9. The number of carbonyl (C=O) groups excluding carboxylic acids is 2. The third-order valence-corrected chi connectivity index (χ3v) is 7.56. The Kier molecular flexibility index (Phi) is 9.79. The van der Waals surface area contributed by atoms with E-state index in [1.54, 1.807) is 36.4 Å². The van der Waals surface area contributed by atoms with Gasteiger partial charge in [-0.25, -0.2) is 0 Å². The predicted octanol–water partition coefficient (Wildman–Crippen LogP) is 2.72. The Bertz CT molecular complexity index is 1320. The molecule has 1 fully saturated rings. The predicted molar refractivity (Wildman–Crippen MR) is 140 cm³/mol. The van der Waals surface area contributed by atoms with Gasteiger partial charge in [0, 0.05) is 46.6 Å². The fraction of sp³-hybridized carbons (Fsp3) is 0.310. The normalized spacial score (nSPS) is 20.4. The summed E-state index contributed by atoms with van der Waals surface area (Å²) in [5, 5.41) is 16.0. The number of fused-ring (bicyclic) bond motifs is 1. The molecule has 0 bridgehead atoms. The molecule has 1 N–H and O–H groups in total. The molecule has 0 spiro atoms. The van der Waals surface area contributed by atoms with Gasteiger partial charge in [0.1, 0.15) is 17.2 Å². The SMILES string of the molecule is O=C(C[C@H]1CCNC(c2cccc(Cl)c2)C1)c1ccc(Oc2cc3c(cc2Cl)C(C(=O)[O-])CCO3)cc1.[Na+]. The van der Waals surface area contributed by atoms with Crippen molar-refractivity contribution in [2.45, 2.75) is 37.6 Å². The molecule has 3 aromatic rings. The third-order valence-electron chi connectivity index (χ3n) is 7.03. The number of Topliss-reactive ketones (excluding diaryl/α,β-unsaturated/α-hetero) is 1. The molecule has 3 atom stereocenters. The van der Waals surface area contributed by atoms with Gasteiger partial charge in [-0.3, -0.25) is 4.79 Å². The average molecular weight is 562 g/mol. The van der Waals surface area contributed by atoms with E-state index in [0.717, 1.165) is 24.9 Å². The number of rotatable bonds is 7. The van der Waals surface area contributed by atoms with E-state index in [-0.39, 0.29) is 58.9 Å². The van der Waals surface area contributed by atoms with E-state index in [1.807, 2.05) is 18.2 Å². The van der Waals surface area contributed by atoms with Gasteiger partial charge >= 0.3 is 29.6 Å². The number of halogens is 2. The first-order chi connectivity index (χ1) is 17.9. The van der Waals surface area contributed by atoms with Crippen LogP contribution in [-0.4, -0.2) is 24.9 Å². The average Bonchev–Trinajstić information content (AvgIpc) is 2.89. The van der Waals surface area contributed by atoms with E-state index in [0.29, 0.717) is 46.2 Å². The molecule has 1 saturated heterocycles. The number of carboxylic acid groups (broad SMARTS) is 1. The zero-order valence-corrected chi connectivity index (χ0v) is 24.6. The number of piperidine rings is 1. The monoisotopic (exact) mass is 561 g/mol. The van der Waals surface area contributed by atoms with Crippen LogP contribution in [0.3, 0.4) is 0 Å². The van der Waals surface area contributed by atoms with Crippen LogP contribution in [-0.2, 0) is 4.79 Å². The number of aliphatic carboxylic acids is 1. The molecule has 0 aromatic heterocycles. The molecule has 9 heteroatoms. The number of carboxylic acids is 1. The second-order valence-electron chi connectivity index (χ2n) is 9.54. The second-order valence-corrected chi connectivity index (χ2v) is 10.4. The molecule has 0 radical (unpaired) electrons. The standard InChI is InChI=1S/C29H27Cl2NO5.Na/c30-20-3-1-2-19(14-20)25-12-17(8-10-32-25)13-26(33)18-4-6-21(7-5-18)37-28-16-27-23(15-24(28)31)22(29(34)35)9-11-36-27;/h1-7,14-17,22,25,32H,8-13H2,(H,34,35);/q;+1/p-1/t17-,22?,25?;/m0./s1. The van der Waals surface area contributed by atoms with E-state index >= 15 is 0 Å². The van der Waals surface area contributed by atoms with Gasteiger partial charge in [-0.1, -0.05) is 35.3 Å². The van der Waals surface area contributed by atoms with Crippen LogP contribution in [0.25, 0.3) is 0 Å². The largest absolute Gasteiger partial charge is 1.00 e. The summed E-state index contributed by atoms with van der Waals surface area (Å²) in [4.78, 5) is 24.4. The molecule has 38 heavy (non-hydrogen) atoms. The molecule has 2 aliphatic heterocycles. The summed E-state index contributed by atoms with van der Waals surface area (Å²) in [6, 6.07) is 18.2. The summed E-state index contributed by atoms with van der Waals surface area (Å²) in [6.45, 7) is 1.14. The Hall–Kier alpha value is -2.06. The van der Waals surface area contributed by atoms with Gasteiger partial charge in [0.2, 0.25) is 0 Å². The Morgan fingerprint density at radius 1 is 1.05 bits per heavy atom. The first-order valence-electron chi connectivity index (χ1n) is 12.3. The van der Waals surface area contributed by atoms with Crippen LogP contribution >= 0.6 is 23.2 Å². The van der Waals surface area contributed by atoms with Crippen molar-refractivity contribution in [3.8, 4) is 17.2 Å². The van der Waals surface area contributed by atoms with Gasteiger partial charge in [-0.15, -0.1) is 0 Å². The summed E-state index contributed by atoms with van der Waals surface area (Å²) in [7, 11) is 0. The van der Waals surface area contributed by atoms with Crippen LogP contribution in [0.1, 0.15) is 59.1 Å². The maximum Gasteiger partial charge on any atom is 1.00 e. The van der Waals surface area contributed by atoms with Gasteiger partial charge in [-0.2, -0.15) is 0 Å². The smallest absolute Gasteiger partial charge is 0.549 e. The molecule has 2 unspecified atom stereocenters. The van der Waals surface area contributed by atoms with Gasteiger partial charge in [-0.05, 0) is 79.8 Å². The molecule has 3 aromatic carbocycles. The van der Waals surface area contributed by atoms with Crippen molar-refractivity contribution >= 4 is 35.0 Å². The topological polar surface area (TPSA) is 87.7 Å². The fourth-order valence-electron chi connectivity index (χ4n) is 5.09. The molecular formula is C29H26Cl2NNaO5. The van der Waals surface area contributed by atoms with Crippen LogP contribution < -0.4 is 49.5 Å². The zero-order valence-electron chi connectivity index (χ0n) is 21.0. The summed E-state index contributed by atoms with van der Waals surface area (Å²) in [5.41, 5.74) is 2.26. The number of nitrogens with one attached hydrogen (secondary N) is 1. The van der Waals surface area contributed by atoms with E-state index in [2.05, 4.69) is 11.4 Å². The maximum absolute atomic E-state index is 13.0. The summed E-state index contributed by atoms with van der Waals surface area (Å²) in [5.74, 6) is -0.261. The molecule has 5 rings (SSSR count). The number of ketones is 1. The van der Waals surface area contributed by atoms with Crippen molar-refractivity contribution in [3.05, 3.63) is 87.4 Å². The van der Waals surface area contributed by atoms with E-state index in [9.17, 15) is 14.7 Å². The van der Waals surface area contributed by atoms with Gasteiger partial charge in [0.25, 0.3) is 0 Å². The van der Waals surface area contributed by atoms with Crippen LogP contribution in [0.2, 0.25) is 10.0 Å². The van der Waals surface area contributed by atoms with Crippen molar-refractivity contribution < 1.29 is 53.7 Å². The minimum Gasteiger partial charge on any atom is -0.549 e. The van der Waals surface area contributed by atoms with E-state index < -0.39 is 11.9 Å². The number of hydrogen-bond donors (Lipinski definition) is 1. The molecule has 0 aliphatic carbocycles. The molecule has 0 saturated carbocycles. The Balaban J connectivity index is 0.00000336. The Morgan fingerprint density at radius 3 is 2.58 bits per heavy atom. The minimum absolute atomic E-state index is 0. The second kappa shape index (κ2) is 12.9. The number of carbonyl (C=O) groups is 2. The van der Waals surface area contributed by atoms with Crippen LogP contribution in [0.4, 0.5) is 0 Å². The molecule has 0 amide bonds. The van der Waals surface area contributed by atoms with Crippen molar-refractivity contribution in [1.29, 1.82) is 0 Å². The van der Waals surface area contributed by atoms with Crippen LogP contribution in [0, 0.1) is 5.92 Å². The maximum atomic E-state index is 13.0. The van der Waals surface area contributed by atoms with Crippen molar-refractivity contribution in [3.63, 3.8) is 0 Å². The van der Waals surface area contributed by atoms with E-state index in [4.69, 9.17) is 32.7 Å². The molecule has 192 valence electrons. The minimum atomic E-state index is -1.15. The number of hydrogen-bond acceptors (Lipinski definition) is 6. The molecule has 2 heterocycles. The molecular weight excluding hydrogens is 536 g/mol. The van der Waals surface area contributed by atoms with Crippen LogP contribution in [0.15, 0.2) is 60.7 Å². The van der Waals surface area contributed by atoms with Crippen molar-refractivity contribution in [2.75, 3.05) is 13.2 Å². The van der Waals surface area contributed by atoms with Gasteiger partial charge in [0.05, 0.1) is 11.6 Å². The van der Waals surface area contributed by atoms with Crippen LogP contribution in [0.5, 0.6) is 17.2 Å². The first-order valence-corrected chi connectivity index (χ1v) is 13.1. The summed E-state index contributed by atoms with van der Waals surface area (Å²) < 4.78 is 11.5. The molecule has 2 aliphatic rings. The third kappa shape index (κ3) is 6.74.